The number of nitriles is 1. The van der Waals surface area contributed by atoms with Gasteiger partial charge >= 0.3 is 0 Å². The molecule has 0 bridgehead atoms. The van der Waals surface area contributed by atoms with Gasteiger partial charge in [0.2, 0.25) is 0 Å². The van der Waals surface area contributed by atoms with E-state index in [2.05, 4.69) is 4.98 Å². The molecule has 0 fully saturated rings. The van der Waals surface area contributed by atoms with Crippen LogP contribution in [0.3, 0.4) is 0 Å². The van der Waals surface area contributed by atoms with Crippen molar-refractivity contribution in [3.05, 3.63) is 28.5 Å². The Morgan fingerprint density at radius 2 is 2.45 bits per heavy atom. The predicted octanol–water partition coefficient (Wildman–Crippen LogP) is 2.11. The largest absolute Gasteiger partial charge is 0.244 e. The molecule has 0 unspecified atom stereocenters. The molecule has 2 nitrogen and oxygen atoms in total. The van der Waals surface area contributed by atoms with Crippen LogP contribution in [0.4, 0.5) is 0 Å². The Hall–Kier alpha value is -1.07. The van der Waals surface area contributed by atoms with E-state index in [1.807, 2.05) is 19.1 Å². The van der Waals surface area contributed by atoms with Crippen LogP contribution >= 0.6 is 11.6 Å². The number of hydrogen-bond acceptors (Lipinski definition) is 2. The standard InChI is InChI=1S/C8H7ClN2/c1-6-3-5-11-8(9)7(6)2-4-10/h3,5H,2H2,1H3. The van der Waals surface area contributed by atoms with Gasteiger partial charge in [0.15, 0.2) is 0 Å². The van der Waals surface area contributed by atoms with Gasteiger partial charge in [0.25, 0.3) is 0 Å². The monoisotopic (exact) mass is 166 g/mol. The molecule has 0 saturated carbocycles. The number of pyridine rings is 1. The lowest BCUT2D eigenvalue weighted by molar-refractivity contribution is 1.15. The Morgan fingerprint density at radius 1 is 1.73 bits per heavy atom. The van der Waals surface area contributed by atoms with Gasteiger partial charge in [-0.3, -0.25) is 0 Å². The van der Waals surface area contributed by atoms with Crippen molar-refractivity contribution in [3.63, 3.8) is 0 Å². The van der Waals surface area contributed by atoms with E-state index in [0.717, 1.165) is 11.1 Å². The van der Waals surface area contributed by atoms with E-state index in [9.17, 15) is 0 Å². The van der Waals surface area contributed by atoms with Crippen LogP contribution in [0.25, 0.3) is 0 Å². The molecule has 0 atom stereocenters. The van der Waals surface area contributed by atoms with Crippen LogP contribution in [0.1, 0.15) is 11.1 Å². The quantitative estimate of drug-likeness (QED) is 0.600. The zero-order valence-electron chi connectivity index (χ0n) is 6.13. The fourth-order valence-electron chi connectivity index (χ4n) is 0.847. The highest BCUT2D eigenvalue weighted by Crippen LogP contribution is 2.16. The van der Waals surface area contributed by atoms with Crippen molar-refractivity contribution in [2.45, 2.75) is 13.3 Å². The highest BCUT2D eigenvalue weighted by atomic mass is 35.5. The third-order valence-electron chi connectivity index (χ3n) is 1.49. The van der Waals surface area contributed by atoms with Crippen molar-refractivity contribution >= 4 is 11.6 Å². The average Bonchev–Trinajstić information content (AvgIpc) is 1.97. The molecule has 0 spiro atoms. The summed E-state index contributed by atoms with van der Waals surface area (Å²) >= 11 is 5.75. The fraction of sp³-hybridized carbons (Fsp3) is 0.250. The first-order chi connectivity index (χ1) is 5.25. The van der Waals surface area contributed by atoms with Crippen molar-refractivity contribution in [2.75, 3.05) is 0 Å². The van der Waals surface area contributed by atoms with Crippen LogP contribution in [0, 0.1) is 18.3 Å². The summed E-state index contributed by atoms with van der Waals surface area (Å²) in [6.07, 6.45) is 1.97. The second-order valence-electron chi connectivity index (χ2n) is 2.23. The molecule has 1 rings (SSSR count). The topological polar surface area (TPSA) is 36.7 Å². The smallest absolute Gasteiger partial charge is 0.133 e. The van der Waals surface area contributed by atoms with Gasteiger partial charge in [-0.25, -0.2) is 4.98 Å². The van der Waals surface area contributed by atoms with E-state index in [-0.39, 0.29) is 0 Å². The lowest BCUT2D eigenvalue weighted by Crippen LogP contribution is -1.90. The van der Waals surface area contributed by atoms with Gasteiger partial charge in [-0.05, 0) is 18.6 Å². The minimum atomic E-state index is 0.332. The van der Waals surface area contributed by atoms with Crippen LogP contribution in [-0.4, -0.2) is 4.98 Å². The number of rotatable bonds is 1. The second-order valence-corrected chi connectivity index (χ2v) is 2.59. The first kappa shape index (κ1) is 8.03. The highest BCUT2D eigenvalue weighted by Gasteiger charge is 2.02. The summed E-state index contributed by atoms with van der Waals surface area (Å²) in [4.78, 5) is 3.87. The summed E-state index contributed by atoms with van der Waals surface area (Å²) < 4.78 is 0. The summed E-state index contributed by atoms with van der Waals surface area (Å²) in [6, 6.07) is 3.89. The number of aryl methyl sites for hydroxylation is 1. The van der Waals surface area contributed by atoms with Crippen LogP contribution in [0.5, 0.6) is 0 Å². The molecule has 0 aliphatic carbocycles. The molecule has 0 aliphatic rings. The van der Waals surface area contributed by atoms with Crippen molar-refractivity contribution < 1.29 is 0 Å². The maximum atomic E-state index is 8.43. The Labute approximate surface area is 70.4 Å². The van der Waals surface area contributed by atoms with Crippen molar-refractivity contribution in [2.24, 2.45) is 0 Å². The van der Waals surface area contributed by atoms with Crippen molar-refractivity contribution in [3.8, 4) is 6.07 Å². The number of hydrogen-bond donors (Lipinski definition) is 0. The zero-order valence-corrected chi connectivity index (χ0v) is 6.89. The Balaban J connectivity index is 3.12. The fourth-order valence-corrected chi connectivity index (χ4v) is 1.12. The van der Waals surface area contributed by atoms with E-state index in [4.69, 9.17) is 16.9 Å². The maximum Gasteiger partial charge on any atom is 0.133 e. The SMILES string of the molecule is Cc1ccnc(Cl)c1CC#N. The molecule has 1 heterocycles. The molecule has 3 heteroatoms. The van der Waals surface area contributed by atoms with Gasteiger partial charge in [0.1, 0.15) is 5.15 Å². The minimum absolute atomic E-state index is 0.332. The number of nitrogens with zero attached hydrogens (tertiary/aromatic N) is 2. The molecule has 56 valence electrons. The molecule has 0 saturated heterocycles. The molecule has 0 radical (unpaired) electrons. The lowest BCUT2D eigenvalue weighted by atomic mass is 10.1. The third-order valence-corrected chi connectivity index (χ3v) is 1.82. The summed E-state index contributed by atoms with van der Waals surface area (Å²) in [5.41, 5.74) is 1.85. The molecule has 11 heavy (non-hydrogen) atoms. The number of aromatic nitrogens is 1. The normalized spacial score (nSPS) is 9.18. The first-order valence-electron chi connectivity index (χ1n) is 3.22. The van der Waals surface area contributed by atoms with Gasteiger partial charge in [-0.1, -0.05) is 11.6 Å². The Morgan fingerprint density at radius 3 is 3.00 bits per heavy atom. The lowest BCUT2D eigenvalue weighted by Gasteiger charge is -2.00. The maximum absolute atomic E-state index is 8.43. The van der Waals surface area contributed by atoms with Gasteiger partial charge in [-0.15, -0.1) is 0 Å². The summed E-state index contributed by atoms with van der Waals surface area (Å²) in [6.45, 7) is 1.92. The molecular formula is C8H7ClN2. The molecule has 1 aromatic rings. The molecule has 1 aromatic heterocycles. The molecule has 0 aliphatic heterocycles. The third kappa shape index (κ3) is 1.69. The second kappa shape index (κ2) is 3.36. The van der Waals surface area contributed by atoms with Crippen molar-refractivity contribution in [1.29, 1.82) is 5.26 Å². The summed E-state index contributed by atoms with van der Waals surface area (Å²) in [5, 5.41) is 8.87. The number of halogens is 1. The van der Waals surface area contributed by atoms with Gasteiger partial charge in [0.05, 0.1) is 12.5 Å². The Kier molecular flexibility index (Phi) is 2.45. The molecule has 0 aromatic carbocycles. The minimum Gasteiger partial charge on any atom is -0.244 e. The average molecular weight is 167 g/mol. The first-order valence-corrected chi connectivity index (χ1v) is 3.60. The zero-order chi connectivity index (χ0) is 8.27. The van der Waals surface area contributed by atoms with Gasteiger partial charge in [0, 0.05) is 11.8 Å². The van der Waals surface area contributed by atoms with Crippen molar-refractivity contribution in [1.82, 2.24) is 4.98 Å². The summed E-state index contributed by atoms with van der Waals surface area (Å²) in [7, 11) is 0. The van der Waals surface area contributed by atoms with E-state index in [1.165, 1.54) is 0 Å². The van der Waals surface area contributed by atoms with E-state index in [0.29, 0.717) is 11.6 Å². The van der Waals surface area contributed by atoms with E-state index in [1.54, 1.807) is 6.20 Å². The molecule has 0 amide bonds. The highest BCUT2D eigenvalue weighted by molar-refractivity contribution is 6.30. The van der Waals surface area contributed by atoms with Crippen LogP contribution in [0.15, 0.2) is 12.3 Å². The van der Waals surface area contributed by atoms with Crippen LogP contribution in [-0.2, 0) is 6.42 Å². The van der Waals surface area contributed by atoms with Gasteiger partial charge < -0.3 is 0 Å². The van der Waals surface area contributed by atoms with Gasteiger partial charge in [-0.2, -0.15) is 5.26 Å². The van der Waals surface area contributed by atoms with E-state index < -0.39 is 0 Å². The predicted molar refractivity (Wildman–Crippen MR) is 43.3 cm³/mol. The molecule has 0 N–H and O–H groups in total. The van der Waals surface area contributed by atoms with Crippen LogP contribution < -0.4 is 0 Å². The molecular weight excluding hydrogens is 160 g/mol. The van der Waals surface area contributed by atoms with E-state index >= 15 is 0 Å². The van der Waals surface area contributed by atoms with Crippen LogP contribution in [0.2, 0.25) is 5.15 Å². The Bertz CT molecular complexity index is 281. The summed E-state index contributed by atoms with van der Waals surface area (Å²) in [5.74, 6) is 0.